The third kappa shape index (κ3) is 2.48. The van der Waals surface area contributed by atoms with Crippen LogP contribution in [0.4, 0.5) is 5.69 Å². The fourth-order valence-corrected chi connectivity index (χ4v) is 2.04. The molecule has 1 aromatic carbocycles. The highest BCUT2D eigenvalue weighted by atomic mass is 35.5. The van der Waals surface area contributed by atoms with Crippen LogP contribution in [0, 0.1) is 0 Å². The van der Waals surface area contributed by atoms with E-state index in [9.17, 15) is 0 Å². The van der Waals surface area contributed by atoms with Gasteiger partial charge in [-0.2, -0.15) is 0 Å². The molecule has 2 N–H and O–H groups in total. The second kappa shape index (κ2) is 5.04. The minimum absolute atomic E-state index is 0.111. The monoisotopic (exact) mass is 241 g/mol. The van der Waals surface area contributed by atoms with Crippen molar-refractivity contribution in [2.75, 3.05) is 31.5 Å². The van der Waals surface area contributed by atoms with E-state index in [1.54, 1.807) is 0 Å². The summed E-state index contributed by atoms with van der Waals surface area (Å²) in [5, 5.41) is 2.19. The first-order valence-corrected chi connectivity index (χ1v) is 6.04. The minimum atomic E-state index is 0.111. The van der Waals surface area contributed by atoms with Crippen LogP contribution in [0.15, 0.2) is 24.3 Å². The average molecular weight is 242 g/mol. The smallest absolute Gasteiger partial charge is 0.217 e. The molecule has 1 heterocycles. The van der Waals surface area contributed by atoms with E-state index in [4.69, 9.17) is 16.3 Å². The van der Waals surface area contributed by atoms with Gasteiger partial charge in [-0.05, 0) is 24.3 Å². The first kappa shape index (κ1) is 11.7. The molecule has 1 fully saturated rings. The summed E-state index contributed by atoms with van der Waals surface area (Å²) in [6.45, 7) is 0.740. The van der Waals surface area contributed by atoms with E-state index in [-0.39, 0.29) is 6.23 Å². The van der Waals surface area contributed by atoms with Crippen molar-refractivity contribution in [1.82, 2.24) is 0 Å². The van der Waals surface area contributed by atoms with Crippen molar-refractivity contribution in [2.45, 2.75) is 12.3 Å². The molecule has 0 bridgehead atoms. The van der Waals surface area contributed by atoms with Crippen LogP contribution >= 0.6 is 11.6 Å². The highest BCUT2D eigenvalue weighted by Gasteiger charge is 2.29. The molecule has 0 amide bonds. The Morgan fingerprint density at radius 3 is 2.56 bits per heavy atom. The predicted molar refractivity (Wildman–Crippen MR) is 65.9 cm³/mol. The lowest BCUT2D eigenvalue weighted by Gasteiger charge is -2.14. The van der Waals surface area contributed by atoms with Gasteiger partial charge < -0.3 is 15.0 Å². The number of alkyl halides is 1. The largest absolute Gasteiger partial charge is 0.378 e. The molecule has 88 valence electrons. The fraction of sp³-hybridized carbons (Fsp3) is 0.500. The third-order valence-electron chi connectivity index (χ3n) is 2.87. The van der Waals surface area contributed by atoms with Gasteiger partial charge in [0.15, 0.2) is 0 Å². The molecule has 2 rings (SSSR count). The number of rotatable bonds is 3. The van der Waals surface area contributed by atoms with E-state index in [1.807, 2.05) is 14.1 Å². The van der Waals surface area contributed by atoms with Crippen LogP contribution in [0.1, 0.15) is 11.8 Å². The minimum Gasteiger partial charge on any atom is -0.378 e. The molecular weight excluding hydrogens is 224 g/mol. The van der Waals surface area contributed by atoms with Crippen molar-refractivity contribution in [3.63, 3.8) is 0 Å². The van der Waals surface area contributed by atoms with Crippen LogP contribution in [0.3, 0.4) is 0 Å². The van der Waals surface area contributed by atoms with Crippen molar-refractivity contribution in [1.29, 1.82) is 0 Å². The zero-order valence-electron chi connectivity index (χ0n) is 9.69. The third-order valence-corrected chi connectivity index (χ3v) is 3.27. The number of nitrogens with zero attached hydrogens (tertiary/aromatic N) is 1. The van der Waals surface area contributed by atoms with Gasteiger partial charge in [0.05, 0.1) is 5.88 Å². The normalized spacial score (nSPS) is 24.7. The SMILES string of the molecule is CN(C)c1ccc([C@H]2[NH2+][C@@H](CCl)CO2)cc1. The lowest BCUT2D eigenvalue weighted by atomic mass is 10.1. The Hall–Kier alpha value is -0.770. The highest BCUT2D eigenvalue weighted by Crippen LogP contribution is 2.18. The van der Waals surface area contributed by atoms with Gasteiger partial charge in [-0.25, -0.2) is 0 Å². The van der Waals surface area contributed by atoms with E-state index in [1.165, 1.54) is 11.3 Å². The molecule has 0 radical (unpaired) electrons. The van der Waals surface area contributed by atoms with Crippen molar-refractivity contribution in [3.05, 3.63) is 29.8 Å². The zero-order valence-corrected chi connectivity index (χ0v) is 10.4. The summed E-state index contributed by atoms with van der Waals surface area (Å²) in [5.41, 5.74) is 2.41. The molecule has 0 aliphatic carbocycles. The quantitative estimate of drug-likeness (QED) is 0.799. The average Bonchev–Trinajstić information content (AvgIpc) is 2.77. The molecule has 16 heavy (non-hydrogen) atoms. The maximum atomic E-state index is 5.81. The maximum absolute atomic E-state index is 5.81. The number of quaternary nitrogens is 1. The Morgan fingerprint density at radius 1 is 1.38 bits per heavy atom. The van der Waals surface area contributed by atoms with Gasteiger partial charge in [-0.1, -0.05) is 0 Å². The molecule has 1 aromatic rings. The zero-order chi connectivity index (χ0) is 11.5. The molecule has 0 unspecified atom stereocenters. The summed E-state index contributed by atoms with van der Waals surface area (Å²) in [5.74, 6) is 0.645. The molecule has 4 heteroatoms. The maximum Gasteiger partial charge on any atom is 0.217 e. The summed E-state index contributed by atoms with van der Waals surface area (Å²) in [6.07, 6.45) is 0.111. The summed E-state index contributed by atoms with van der Waals surface area (Å²) >= 11 is 5.81. The topological polar surface area (TPSA) is 29.1 Å². The van der Waals surface area contributed by atoms with Gasteiger partial charge in [0.1, 0.15) is 12.6 Å². The van der Waals surface area contributed by atoms with Crippen molar-refractivity contribution in [2.24, 2.45) is 0 Å². The molecule has 1 saturated heterocycles. The molecule has 3 nitrogen and oxygen atoms in total. The van der Waals surface area contributed by atoms with Gasteiger partial charge in [-0.3, -0.25) is 0 Å². The summed E-state index contributed by atoms with van der Waals surface area (Å²) in [6, 6.07) is 8.85. The number of hydrogen-bond donors (Lipinski definition) is 1. The standard InChI is InChI=1S/C12H17ClN2O/c1-15(2)11-5-3-9(4-6-11)12-14-10(7-13)8-16-12/h3-6,10,12,14H,7-8H2,1-2H3/p+1/t10-,12-/m0/s1. The first-order chi connectivity index (χ1) is 7.70. The van der Waals surface area contributed by atoms with Crippen LogP contribution in [-0.4, -0.2) is 32.6 Å². The highest BCUT2D eigenvalue weighted by molar-refractivity contribution is 6.18. The summed E-state index contributed by atoms with van der Waals surface area (Å²) in [4.78, 5) is 2.09. The van der Waals surface area contributed by atoms with E-state index in [2.05, 4.69) is 34.5 Å². The van der Waals surface area contributed by atoms with Gasteiger partial charge in [0, 0.05) is 25.3 Å². The van der Waals surface area contributed by atoms with E-state index in [0.29, 0.717) is 11.9 Å². The Morgan fingerprint density at radius 2 is 2.06 bits per heavy atom. The number of halogens is 1. The predicted octanol–water partition coefficient (Wildman–Crippen LogP) is 0.952. The molecule has 0 spiro atoms. The number of hydrogen-bond acceptors (Lipinski definition) is 2. The number of nitrogens with two attached hydrogens (primary N) is 1. The van der Waals surface area contributed by atoms with E-state index >= 15 is 0 Å². The fourth-order valence-electron chi connectivity index (χ4n) is 1.85. The molecular formula is C12H18ClN2O+. The van der Waals surface area contributed by atoms with Gasteiger partial charge >= 0.3 is 0 Å². The van der Waals surface area contributed by atoms with Crippen LogP contribution < -0.4 is 10.2 Å². The second-order valence-corrected chi connectivity index (χ2v) is 4.66. The Kier molecular flexibility index (Phi) is 3.69. The first-order valence-electron chi connectivity index (χ1n) is 5.50. The lowest BCUT2D eigenvalue weighted by molar-refractivity contribution is -0.721. The second-order valence-electron chi connectivity index (χ2n) is 4.35. The van der Waals surface area contributed by atoms with Crippen LogP contribution in [-0.2, 0) is 4.74 Å². The Bertz CT molecular complexity index is 339. The molecule has 1 aliphatic heterocycles. The molecule has 0 aromatic heterocycles. The molecule has 0 saturated carbocycles. The van der Waals surface area contributed by atoms with E-state index in [0.717, 1.165) is 6.61 Å². The van der Waals surface area contributed by atoms with Crippen molar-refractivity contribution in [3.8, 4) is 0 Å². The number of ether oxygens (including phenoxy) is 1. The number of benzene rings is 1. The van der Waals surface area contributed by atoms with Gasteiger partial charge in [0.25, 0.3) is 0 Å². The molecule has 1 aliphatic rings. The van der Waals surface area contributed by atoms with Crippen LogP contribution in [0.25, 0.3) is 0 Å². The Labute approximate surface area is 101 Å². The number of anilines is 1. The van der Waals surface area contributed by atoms with Crippen molar-refractivity contribution >= 4 is 17.3 Å². The molecule has 2 atom stereocenters. The lowest BCUT2D eigenvalue weighted by Crippen LogP contribution is -2.88. The Balaban J connectivity index is 2.05. The van der Waals surface area contributed by atoms with Gasteiger partial charge in [0.2, 0.25) is 6.23 Å². The van der Waals surface area contributed by atoms with Crippen molar-refractivity contribution < 1.29 is 10.1 Å². The van der Waals surface area contributed by atoms with Gasteiger partial charge in [-0.15, -0.1) is 11.6 Å². The summed E-state index contributed by atoms with van der Waals surface area (Å²) in [7, 11) is 4.08. The van der Waals surface area contributed by atoms with E-state index < -0.39 is 0 Å². The van der Waals surface area contributed by atoms with Crippen LogP contribution in [0.5, 0.6) is 0 Å². The summed E-state index contributed by atoms with van der Waals surface area (Å²) < 4.78 is 5.69. The van der Waals surface area contributed by atoms with Crippen LogP contribution in [0.2, 0.25) is 0 Å².